The molecule has 0 unspecified atom stereocenters. The van der Waals surface area contributed by atoms with Gasteiger partial charge in [0.15, 0.2) is 11.5 Å². The fourth-order valence-electron chi connectivity index (χ4n) is 3.09. The third-order valence-electron chi connectivity index (χ3n) is 4.83. The SMILES string of the molecule is COC(=O)N(C)C(=O)C[C@H](NC(=O)c1ccc(OC)c(OC2CCCC2)c1)C(=O)O. The molecule has 0 saturated heterocycles. The van der Waals surface area contributed by atoms with Gasteiger partial charge in [0.25, 0.3) is 5.91 Å². The van der Waals surface area contributed by atoms with Crippen LogP contribution in [0.4, 0.5) is 4.79 Å². The second kappa shape index (κ2) is 10.5. The van der Waals surface area contributed by atoms with Gasteiger partial charge in [-0.15, -0.1) is 0 Å². The summed E-state index contributed by atoms with van der Waals surface area (Å²) in [5, 5.41) is 11.7. The van der Waals surface area contributed by atoms with Crippen molar-refractivity contribution in [3.63, 3.8) is 0 Å². The molecule has 1 saturated carbocycles. The summed E-state index contributed by atoms with van der Waals surface area (Å²) in [6.07, 6.45) is 2.46. The summed E-state index contributed by atoms with van der Waals surface area (Å²) in [6, 6.07) is 2.98. The van der Waals surface area contributed by atoms with Crippen molar-refractivity contribution in [2.75, 3.05) is 21.3 Å². The lowest BCUT2D eigenvalue weighted by atomic mass is 10.1. The molecule has 1 aliphatic carbocycles. The van der Waals surface area contributed by atoms with Crippen molar-refractivity contribution in [1.29, 1.82) is 0 Å². The highest BCUT2D eigenvalue weighted by atomic mass is 16.5. The number of ether oxygens (including phenoxy) is 3. The number of carboxylic acid groups (broad SMARTS) is 1. The molecular formula is C20H26N2O8. The zero-order chi connectivity index (χ0) is 22.3. The molecule has 10 nitrogen and oxygen atoms in total. The normalized spacial score (nSPS) is 14.5. The van der Waals surface area contributed by atoms with E-state index in [9.17, 15) is 24.3 Å². The number of nitrogens with zero attached hydrogens (tertiary/aromatic N) is 1. The van der Waals surface area contributed by atoms with Crippen LogP contribution in [0.25, 0.3) is 0 Å². The third kappa shape index (κ3) is 5.85. The maximum atomic E-state index is 12.6. The van der Waals surface area contributed by atoms with Crippen LogP contribution in [0.5, 0.6) is 11.5 Å². The first-order chi connectivity index (χ1) is 14.3. The number of carbonyl (C=O) groups excluding carboxylic acids is 3. The van der Waals surface area contributed by atoms with E-state index in [1.165, 1.54) is 19.2 Å². The summed E-state index contributed by atoms with van der Waals surface area (Å²) in [7, 11) is 3.74. The van der Waals surface area contributed by atoms with Crippen LogP contribution in [0.2, 0.25) is 0 Å². The molecule has 0 spiro atoms. The number of benzene rings is 1. The van der Waals surface area contributed by atoms with Crippen LogP contribution in [0.3, 0.4) is 0 Å². The number of aliphatic carboxylic acids is 1. The van der Waals surface area contributed by atoms with Crippen molar-refractivity contribution < 1.29 is 38.5 Å². The summed E-state index contributed by atoms with van der Waals surface area (Å²) in [5.74, 6) is -2.07. The lowest BCUT2D eigenvalue weighted by Crippen LogP contribution is -2.45. The predicted molar refractivity (Wildman–Crippen MR) is 105 cm³/mol. The maximum absolute atomic E-state index is 12.6. The van der Waals surface area contributed by atoms with Gasteiger partial charge in [0.05, 0.1) is 26.7 Å². The van der Waals surface area contributed by atoms with Crippen LogP contribution in [-0.4, -0.2) is 67.3 Å². The summed E-state index contributed by atoms with van der Waals surface area (Å²) >= 11 is 0. The lowest BCUT2D eigenvalue weighted by Gasteiger charge is -2.19. The molecule has 0 aromatic heterocycles. The molecule has 2 rings (SSSR count). The molecule has 0 heterocycles. The van der Waals surface area contributed by atoms with E-state index in [1.807, 2.05) is 0 Å². The van der Waals surface area contributed by atoms with Gasteiger partial charge in [0.1, 0.15) is 6.04 Å². The van der Waals surface area contributed by atoms with E-state index in [1.54, 1.807) is 6.07 Å². The largest absolute Gasteiger partial charge is 0.493 e. The average Bonchev–Trinajstić information content (AvgIpc) is 3.24. The molecule has 0 radical (unpaired) electrons. The van der Waals surface area contributed by atoms with E-state index in [-0.39, 0.29) is 11.7 Å². The van der Waals surface area contributed by atoms with E-state index in [2.05, 4.69) is 10.1 Å². The first-order valence-electron chi connectivity index (χ1n) is 9.49. The zero-order valence-corrected chi connectivity index (χ0v) is 17.2. The monoisotopic (exact) mass is 422 g/mol. The van der Waals surface area contributed by atoms with Crippen LogP contribution in [0, 0.1) is 0 Å². The Morgan fingerprint density at radius 2 is 1.83 bits per heavy atom. The van der Waals surface area contributed by atoms with Crippen molar-refractivity contribution >= 4 is 23.9 Å². The minimum absolute atomic E-state index is 0.0375. The molecule has 1 aliphatic rings. The van der Waals surface area contributed by atoms with Gasteiger partial charge in [-0.25, -0.2) is 9.59 Å². The number of carboxylic acids is 1. The van der Waals surface area contributed by atoms with Crippen LogP contribution >= 0.6 is 0 Å². The van der Waals surface area contributed by atoms with Gasteiger partial charge >= 0.3 is 12.1 Å². The summed E-state index contributed by atoms with van der Waals surface area (Å²) in [4.78, 5) is 48.3. The van der Waals surface area contributed by atoms with Crippen molar-refractivity contribution in [1.82, 2.24) is 10.2 Å². The van der Waals surface area contributed by atoms with E-state index in [4.69, 9.17) is 9.47 Å². The Morgan fingerprint density at radius 3 is 2.40 bits per heavy atom. The quantitative estimate of drug-likeness (QED) is 0.648. The molecule has 3 amide bonds. The maximum Gasteiger partial charge on any atom is 0.415 e. The Morgan fingerprint density at radius 1 is 1.17 bits per heavy atom. The van der Waals surface area contributed by atoms with Crippen molar-refractivity contribution in [3.8, 4) is 11.5 Å². The number of hydrogen-bond donors (Lipinski definition) is 2. The van der Waals surface area contributed by atoms with Gasteiger partial charge in [-0.3, -0.25) is 14.5 Å². The predicted octanol–water partition coefficient (Wildman–Crippen LogP) is 1.81. The number of carbonyl (C=O) groups is 4. The number of rotatable bonds is 8. The highest BCUT2D eigenvalue weighted by Gasteiger charge is 2.28. The Bertz CT molecular complexity index is 804. The molecule has 1 atom stereocenters. The Kier molecular flexibility index (Phi) is 8.02. The Labute approximate surface area is 174 Å². The molecule has 164 valence electrons. The van der Waals surface area contributed by atoms with E-state index in [0.29, 0.717) is 16.4 Å². The summed E-state index contributed by atoms with van der Waals surface area (Å²) in [6.45, 7) is 0. The Hall–Kier alpha value is -3.30. The van der Waals surface area contributed by atoms with Crippen LogP contribution in [0.1, 0.15) is 42.5 Å². The number of methoxy groups -OCH3 is 2. The molecule has 10 heteroatoms. The first-order valence-corrected chi connectivity index (χ1v) is 9.49. The third-order valence-corrected chi connectivity index (χ3v) is 4.83. The molecule has 0 bridgehead atoms. The van der Waals surface area contributed by atoms with Crippen LogP contribution in [-0.2, 0) is 14.3 Å². The molecule has 0 aliphatic heterocycles. The summed E-state index contributed by atoms with van der Waals surface area (Å²) in [5.41, 5.74) is 0.156. The number of hydrogen-bond acceptors (Lipinski definition) is 7. The fourth-order valence-corrected chi connectivity index (χ4v) is 3.09. The average molecular weight is 422 g/mol. The van der Waals surface area contributed by atoms with E-state index < -0.39 is 36.3 Å². The van der Waals surface area contributed by atoms with E-state index >= 15 is 0 Å². The summed E-state index contributed by atoms with van der Waals surface area (Å²) < 4.78 is 15.6. The molecular weight excluding hydrogens is 396 g/mol. The highest BCUT2D eigenvalue weighted by Crippen LogP contribution is 2.32. The van der Waals surface area contributed by atoms with Crippen LogP contribution in [0.15, 0.2) is 18.2 Å². The highest BCUT2D eigenvalue weighted by molar-refractivity contribution is 5.99. The van der Waals surface area contributed by atoms with Crippen molar-refractivity contribution in [2.24, 2.45) is 0 Å². The zero-order valence-electron chi connectivity index (χ0n) is 17.2. The van der Waals surface area contributed by atoms with Crippen LogP contribution < -0.4 is 14.8 Å². The van der Waals surface area contributed by atoms with Gasteiger partial charge in [-0.1, -0.05) is 0 Å². The molecule has 1 fully saturated rings. The molecule has 2 N–H and O–H groups in total. The number of nitrogens with one attached hydrogen (secondary N) is 1. The number of amides is 3. The van der Waals surface area contributed by atoms with Crippen molar-refractivity contribution in [3.05, 3.63) is 23.8 Å². The smallest absolute Gasteiger partial charge is 0.415 e. The lowest BCUT2D eigenvalue weighted by molar-refractivity contribution is -0.142. The standard InChI is InChI=1S/C20H26N2O8/c1-22(20(27)29-3)17(23)11-14(19(25)26)21-18(24)12-8-9-15(28-2)16(10-12)30-13-6-4-5-7-13/h8-10,13-14H,4-7,11H2,1-3H3,(H,21,24)(H,25,26)/t14-/m0/s1. The first kappa shape index (κ1) is 23.0. The van der Waals surface area contributed by atoms with E-state index in [0.717, 1.165) is 39.8 Å². The van der Waals surface area contributed by atoms with Gasteiger partial charge in [-0.05, 0) is 43.9 Å². The molecule has 1 aromatic rings. The second-order valence-electron chi connectivity index (χ2n) is 6.88. The van der Waals surface area contributed by atoms with Gasteiger partial charge in [0.2, 0.25) is 5.91 Å². The Balaban J connectivity index is 2.12. The topological polar surface area (TPSA) is 131 Å². The molecule has 1 aromatic carbocycles. The second-order valence-corrected chi connectivity index (χ2v) is 6.88. The van der Waals surface area contributed by atoms with Crippen molar-refractivity contribution in [2.45, 2.75) is 44.2 Å². The van der Waals surface area contributed by atoms with Gasteiger partial charge in [0, 0.05) is 12.6 Å². The minimum Gasteiger partial charge on any atom is -0.493 e. The van der Waals surface area contributed by atoms with Gasteiger partial charge < -0.3 is 24.6 Å². The van der Waals surface area contributed by atoms with Gasteiger partial charge in [-0.2, -0.15) is 0 Å². The fraction of sp³-hybridized carbons (Fsp3) is 0.500. The number of imide groups is 1. The molecule has 30 heavy (non-hydrogen) atoms. The minimum atomic E-state index is -1.53.